The Morgan fingerprint density at radius 2 is 2.36 bits per heavy atom. The van der Waals surface area contributed by atoms with Gasteiger partial charge in [-0.1, -0.05) is 6.07 Å². The summed E-state index contributed by atoms with van der Waals surface area (Å²) in [6, 6.07) is 6.69. The second-order valence-electron chi connectivity index (χ2n) is 1.88. The highest BCUT2D eigenvalue weighted by molar-refractivity contribution is 5.47. The van der Waals surface area contributed by atoms with Crippen molar-refractivity contribution in [3.63, 3.8) is 0 Å². The van der Waals surface area contributed by atoms with E-state index >= 15 is 0 Å². The van der Waals surface area contributed by atoms with Gasteiger partial charge in [0, 0.05) is 11.8 Å². The predicted octanol–water partition coefficient (Wildman–Crippen LogP) is 0.219. The molecule has 0 aliphatic heterocycles. The lowest BCUT2D eigenvalue weighted by molar-refractivity contribution is 0.254. The van der Waals surface area contributed by atoms with Crippen molar-refractivity contribution in [2.45, 2.75) is 0 Å². The van der Waals surface area contributed by atoms with Gasteiger partial charge in [-0.05, 0) is 12.1 Å². The molecule has 1 aromatic rings. The van der Waals surface area contributed by atoms with Gasteiger partial charge >= 0.3 is 6.41 Å². The van der Waals surface area contributed by atoms with E-state index in [-0.39, 0.29) is 0 Å². The fraction of sp³-hybridized carbons (Fsp3) is 0. The molecule has 0 spiro atoms. The van der Waals surface area contributed by atoms with E-state index in [2.05, 4.69) is 4.84 Å². The van der Waals surface area contributed by atoms with Gasteiger partial charge < -0.3 is 10.6 Å². The van der Waals surface area contributed by atoms with E-state index in [9.17, 15) is 4.79 Å². The maximum Gasteiger partial charge on any atom is 0.344 e. The molecule has 3 N–H and O–H groups in total. The smallest absolute Gasteiger partial charge is 0.344 e. The molecule has 11 heavy (non-hydrogen) atoms. The van der Waals surface area contributed by atoms with Crippen molar-refractivity contribution in [2.24, 2.45) is 0 Å². The minimum Gasteiger partial charge on any atom is -0.399 e. The van der Waals surface area contributed by atoms with Crippen LogP contribution in [0.3, 0.4) is 0 Å². The van der Waals surface area contributed by atoms with Crippen molar-refractivity contribution in [3.05, 3.63) is 24.3 Å². The Hall–Kier alpha value is -1.71. The van der Waals surface area contributed by atoms with Crippen LogP contribution in [-0.4, -0.2) is 6.41 Å². The van der Waals surface area contributed by atoms with E-state index in [1.165, 1.54) is 6.41 Å². The third kappa shape index (κ3) is 2.17. The molecule has 0 saturated heterocycles. The summed E-state index contributed by atoms with van der Waals surface area (Å²) in [5, 5.41) is 0. The highest BCUT2D eigenvalue weighted by atomic mass is 16.6. The summed E-state index contributed by atoms with van der Waals surface area (Å²) < 4.78 is 0. The van der Waals surface area contributed by atoms with Crippen molar-refractivity contribution in [3.8, 4) is 5.75 Å². The third-order valence-corrected chi connectivity index (χ3v) is 1.07. The second-order valence-corrected chi connectivity index (χ2v) is 1.88. The minimum atomic E-state index is 0.480. The van der Waals surface area contributed by atoms with Crippen molar-refractivity contribution in [1.82, 2.24) is 5.48 Å². The van der Waals surface area contributed by atoms with Crippen LogP contribution in [0.4, 0.5) is 5.69 Å². The van der Waals surface area contributed by atoms with Crippen molar-refractivity contribution < 1.29 is 9.63 Å². The largest absolute Gasteiger partial charge is 0.399 e. The first-order valence-electron chi connectivity index (χ1n) is 2.97. The maximum absolute atomic E-state index is 9.67. The van der Waals surface area contributed by atoms with Crippen LogP contribution in [0.1, 0.15) is 0 Å². The standard InChI is InChI=1S/C7H7N2O2/c8-6-2-1-3-7(4-6)11-9-5-10/h1-4H,8H2,(H,9,10). The molecule has 1 radical (unpaired) electrons. The van der Waals surface area contributed by atoms with Gasteiger partial charge in [0.15, 0.2) is 5.75 Å². The second kappa shape index (κ2) is 3.46. The van der Waals surface area contributed by atoms with Crippen LogP contribution in [0.15, 0.2) is 24.3 Å². The zero-order chi connectivity index (χ0) is 8.10. The van der Waals surface area contributed by atoms with E-state index in [1.807, 2.05) is 5.48 Å². The number of hydrogen-bond acceptors (Lipinski definition) is 3. The van der Waals surface area contributed by atoms with Gasteiger partial charge in [-0.3, -0.25) is 4.79 Å². The molecule has 0 saturated carbocycles. The molecule has 57 valence electrons. The number of hydroxylamine groups is 1. The van der Waals surface area contributed by atoms with E-state index in [0.29, 0.717) is 11.4 Å². The maximum atomic E-state index is 9.67. The summed E-state index contributed by atoms with van der Waals surface area (Å²) in [6.07, 6.45) is 1.37. The quantitative estimate of drug-likeness (QED) is 0.369. The summed E-state index contributed by atoms with van der Waals surface area (Å²) in [5.41, 5.74) is 7.93. The molecule has 0 unspecified atom stereocenters. The Bertz CT molecular complexity index is 250. The van der Waals surface area contributed by atoms with E-state index < -0.39 is 0 Å². The fourth-order valence-corrected chi connectivity index (χ4v) is 0.658. The number of nitrogens with one attached hydrogen (secondary N) is 1. The third-order valence-electron chi connectivity index (χ3n) is 1.07. The molecule has 4 nitrogen and oxygen atoms in total. The molecule has 4 heteroatoms. The molecular formula is C7H7N2O2. The predicted molar refractivity (Wildman–Crippen MR) is 40.3 cm³/mol. The topological polar surface area (TPSA) is 64.3 Å². The van der Waals surface area contributed by atoms with Crippen LogP contribution in [0.5, 0.6) is 5.75 Å². The van der Waals surface area contributed by atoms with Crippen LogP contribution in [0.25, 0.3) is 0 Å². The monoisotopic (exact) mass is 151 g/mol. The van der Waals surface area contributed by atoms with Crippen molar-refractivity contribution in [1.29, 1.82) is 0 Å². The number of hydrogen-bond donors (Lipinski definition) is 2. The first-order chi connectivity index (χ1) is 5.33. The summed E-state index contributed by atoms with van der Waals surface area (Å²) in [5.74, 6) is 0.480. The summed E-state index contributed by atoms with van der Waals surface area (Å²) in [6.45, 7) is 0. The van der Waals surface area contributed by atoms with Crippen LogP contribution in [-0.2, 0) is 4.79 Å². The molecule has 0 atom stereocenters. The molecule has 1 aromatic carbocycles. The zero-order valence-electron chi connectivity index (χ0n) is 5.70. The summed E-state index contributed by atoms with van der Waals surface area (Å²) in [4.78, 5) is 14.4. The molecule has 1 amide bonds. The number of anilines is 1. The number of amides is 1. The zero-order valence-corrected chi connectivity index (χ0v) is 5.70. The van der Waals surface area contributed by atoms with Gasteiger partial charge in [0.1, 0.15) is 0 Å². The van der Waals surface area contributed by atoms with Crippen LogP contribution >= 0.6 is 0 Å². The Labute approximate surface area is 63.9 Å². The molecule has 0 aliphatic rings. The van der Waals surface area contributed by atoms with Crippen LogP contribution in [0.2, 0.25) is 0 Å². The van der Waals surface area contributed by atoms with Gasteiger partial charge in [-0.25, -0.2) is 0 Å². The highest BCUT2D eigenvalue weighted by Gasteiger charge is 1.91. The molecule has 0 aliphatic carbocycles. The SMILES string of the molecule is Nc1cccc(ON[C]=O)c1. The number of carbonyl (C=O) groups excluding carboxylic acids is 1. The lowest BCUT2D eigenvalue weighted by Crippen LogP contribution is -2.15. The normalized spacial score (nSPS) is 8.73. The van der Waals surface area contributed by atoms with Gasteiger partial charge in [-0.15, -0.1) is 0 Å². The van der Waals surface area contributed by atoms with Gasteiger partial charge in [0.05, 0.1) is 0 Å². The molecular weight excluding hydrogens is 144 g/mol. The molecule has 0 fully saturated rings. The number of rotatable bonds is 3. The molecule has 0 heterocycles. The Morgan fingerprint density at radius 3 is 3.00 bits per heavy atom. The highest BCUT2D eigenvalue weighted by Crippen LogP contribution is 2.12. The Kier molecular flexibility index (Phi) is 2.32. The first kappa shape index (κ1) is 7.40. The van der Waals surface area contributed by atoms with Gasteiger partial charge in [0.2, 0.25) is 0 Å². The van der Waals surface area contributed by atoms with Gasteiger partial charge in [-0.2, -0.15) is 5.48 Å². The van der Waals surface area contributed by atoms with Crippen molar-refractivity contribution >= 4 is 12.1 Å². The van der Waals surface area contributed by atoms with Crippen LogP contribution in [0, 0.1) is 0 Å². The Morgan fingerprint density at radius 1 is 1.55 bits per heavy atom. The number of nitrogen functional groups attached to an aromatic ring is 1. The van der Waals surface area contributed by atoms with Gasteiger partial charge in [0.25, 0.3) is 0 Å². The van der Waals surface area contributed by atoms with Crippen LogP contribution < -0.4 is 16.1 Å². The van der Waals surface area contributed by atoms with E-state index in [1.54, 1.807) is 24.3 Å². The fourth-order valence-electron chi connectivity index (χ4n) is 0.658. The molecule has 1 rings (SSSR count). The summed E-state index contributed by atoms with van der Waals surface area (Å²) >= 11 is 0. The van der Waals surface area contributed by atoms with Crippen molar-refractivity contribution in [2.75, 3.05) is 5.73 Å². The average molecular weight is 151 g/mol. The first-order valence-corrected chi connectivity index (χ1v) is 2.97. The van der Waals surface area contributed by atoms with E-state index in [4.69, 9.17) is 5.73 Å². The lowest BCUT2D eigenvalue weighted by atomic mass is 10.3. The molecule has 0 bridgehead atoms. The van der Waals surface area contributed by atoms with E-state index in [0.717, 1.165) is 0 Å². The summed E-state index contributed by atoms with van der Waals surface area (Å²) in [7, 11) is 0. The minimum absolute atomic E-state index is 0.480. The average Bonchev–Trinajstić information content (AvgIpc) is 2.01. The Balaban J connectivity index is 2.63. The number of benzene rings is 1. The lowest BCUT2D eigenvalue weighted by Gasteiger charge is -2.00. The molecule has 0 aromatic heterocycles. The number of nitrogens with two attached hydrogens (primary N) is 1.